The molecule has 0 bridgehead atoms. The smallest absolute Gasteiger partial charge is 0.410 e. The van der Waals surface area contributed by atoms with Crippen LogP contribution in [-0.2, 0) is 20.9 Å². The van der Waals surface area contributed by atoms with Gasteiger partial charge >= 0.3 is 12.1 Å². The minimum absolute atomic E-state index is 0.0328. The summed E-state index contributed by atoms with van der Waals surface area (Å²) in [7, 11) is 1.43. The van der Waals surface area contributed by atoms with Crippen LogP contribution in [0.3, 0.4) is 0 Å². The minimum Gasteiger partial charge on any atom is -0.488 e. The first-order chi connectivity index (χ1) is 19.3. The van der Waals surface area contributed by atoms with E-state index in [1.807, 2.05) is 36.4 Å². The zero-order valence-corrected chi connectivity index (χ0v) is 25.0. The van der Waals surface area contributed by atoms with Crippen LogP contribution in [0.15, 0.2) is 59.1 Å². The number of carbonyl (C=O) groups excluding carboxylic acids is 3. The van der Waals surface area contributed by atoms with E-state index in [1.54, 1.807) is 32.9 Å². The molecule has 41 heavy (non-hydrogen) atoms. The number of carboxylic acids is 1. The largest absolute Gasteiger partial charge is 0.488 e. The lowest BCUT2D eigenvalue weighted by molar-refractivity contribution is -0.130. The second kappa shape index (κ2) is 11.8. The number of nitrogens with zero attached hydrogens (tertiary/aromatic N) is 2. The molecule has 3 aromatic rings. The van der Waals surface area contributed by atoms with Crippen LogP contribution in [-0.4, -0.2) is 65.2 Å². The molecule has 3 aromatic carbocycles. The molecule has 1 aliphatic rings. The molecule has 1 heterocycles. The maximum Gasteiger partial charge on any atom is 0.410 e. The fourth-order valence-electron chi connectivity index (χ4n) is 4.46. The summed E-state index contributed by atoms with van der Waals surface area (Å²) in [6, 6.07) is 13.9. The van der Waals surface area contributed by atoms with E-state index in [4.69, 9.17) is 9.47 Å². The third-order valence-corrected chi connectivity index (χ3v) is 7.41. The first-order valence-electron chi connectivity index (χ1n) is 13.0. The van der Waals surface area contributed by atoms with Crippen LogP contribution < -0.4 is 15.0 Å². The molecule has 2 atom stereocenters. The van der Waals surface area contributed by atoms with Crippen molar-refractivity contribution in [2.75, 3.05) is 18.6 Å². The van der Waals surface area contributed by atoms with Crippen LogP contribution in [0.5, 0.6) is 5.75 Å². The van der Waals surface area contributed by atoms with Gasteiger partial charge in [-0.05, 0) is 62.2 Å². The molecule has 216 valence electrons. The Labute approximate surface area is 246 Å². The number of hydrogen-bond acceptors (Lipinski definition) is 6. The van der Waals surface area contributed by atoms with Gasteiger partial charge in [-0.25, -0.2) is 9.59 Å². The van der Waals surface area contributed by atoms with Crippen molar-refractivity contribution in [2.24, 2.45) is 0 Å². The minimum atomic E-state index is -1.21. The van der Waals surface area contributed by atoms with Gasteiger partial charge in [-0.3, -0.25) is 14.5 Å². The maximum atomic E-state index is 14.0. The fourth-order valence-corrected chi connectivity index (χ4v) is 4.94. The lowest BCUT2D eigenvalue weighted by Crippen LogP contribution is -2.55. The summed E-state index contributed by atoms with van der Waals surface area (Å²) in [6.45, 7) is 6.46. The second-order valence-electron chi connectivity index (χ2n) is 10.8. The summed E-state index contributed by atoms with van der Waals surface area (Å²) in [4.78, 5) is 54.3. The molecule has 3 amide bonds. The Morgan fingerprint density at radius 1 is 1.12 bits per heavy atom. The number of anilines is 1. The number of ether oxygens (including phenoxy) is 2. The molecule has 0 spiro atoms. The number of hydrogen-bond donors (Lipinski definition) is 2. The molecule has 2 N–H and O–H groups in total. The lowest BCUT2D eigenvalue weighted by atomic mass is 10.0. The Hall–Kier alpha value is -4.12. The van der Waals surface area contributed by atoms with Crippen LogP contribution in [0.4, 0.5) is 10.5 Å². The molecule has 0 unspecified atom stereocenters. The number of likely N-dealkylation sites (N-methyl/N-ethyl adjacent to an activating group) is 1. The number of benzene rings is 3. The Bertz CT molecular complexity index is 1520. The maximum absolute atomic E-state index is 14.0. The number of halogens is 1. The van der Waals surface area contributed by atoms with Gasteiger partial charge in [0, 0.05) is 11.5 Å². The highest BCUT2D eigenvalue weighted by Crippen LogP contribution is 2.37. The number of carboxylic acid groups (broad SMARTS) is 1. The summed E-state index contributed by atoms with van der Waals surface area (Å²) in [5, 5.41) is 14.4. The monoisotopic (exact) mass is 625 g/mol. The second-order valence-corrected chi connectivity index (χ2v) is 11.6. The number of carbonyl (C=O) groups is 4. The van der Waals surface area contributed by atoms with Crippen molar-refractivity contribution in [3.05, 3.63) is 70.2 Å². The van der Waals surface area contributed by atoms with Crippen molar-refractivity contribution in [1.29, 1.82) is 0 Å². The third kappa shape index (κ3) is 6.45. The topological polar surface area (TPSA) is 125 Å². The van der Waals surface area contributed by atoms with Crippen molar-refractivity contribution in [3.8, 4) is 5.75 Å². The molecular formula is C30H32BrN3O7. The van der Waals surface area contributed by atoms with E-state index in [0.717, 1.165) is 25.7 Å². The van der Waals surface area contributed by atoms with E-state index in [-0.39, 0.29) is 30.2 Å². The van der Waals surface area contributed by atoms with Crippen LogP contribution in [0, 0.1) is 0 Å². The quantitative estimate of drug-likeness (QED) is 0.396. The molecule has 4 rings (SSSR count). The van der Waals surface area contributed by atoms with Crippen molar-refractivity contribution in [2.45, 2.75) is 51.9 Å². The van der Waals surface area contributed by atoms with E-state index < -0.39 is 41.6 Å². The van der Waals surface area contributed by atoms with Gasteiger partial charge in [0.15, 0.2) is 5.75 Å². The molecule has 0 radical (unpaired) electrons. The predicted octanol–water partition coefficient (Wildman–Crippen LogP) is 4.97. The molecule has 11 heteroatoms. The Morgan fingerprint density at radius 3 is 2.46 bits per heavy atom. The molecule has 0 aliphatic carbocycles. The van der Waals surface area contributed by atoms with Crippen LogP contribution >= 0.6 is 15.9 Å². The Morgan fingerprint density at radius 2 is 1.80 bits per heavy atom. The molecule has 0 saturated heterocycles. The molecule has 1 aliphatic heterocycles. The fraction of sp³-hybridized carbons (Fsp3) is 0.333. The van der Waals surface area contributed by atoms with Crippen LogP contribution in [0.25, 0.3) is 10.8 Å². The normalized spacial score (nSPS) is 15.8. The summed E-state index contributed by atoms with van der Waals surface area (Å²) in [6.07, 6.45) is -0.689. The highest BCUT2D eigenvalue weighted by Gasteiger charge is 2.36. The van der Waals surface area contributed by atoms with Gasteiger partial charge in [0.2, 0.25) is 5.91 Å². The van der Waals surface area contributed by atoms with E-state index in [9.17, 15) is 24.3 Å². The summed E-state index contributed by atoms with van der Waals surface area (Å²) >= 11 is 3.57. The van der Waals surface area contributed by atoms with Gasteiger partial charge in [0.1, 0.15) is 29.9 Å². The molecule has 0 saturated carbocycles. The Balaban J connectivity index is 1.68. The van der Waals surface area contributed by atoms with E-state index >= 15 is 0 Å². The zero-order valence-electron chi connectivity index (χ0n) is 23.4. The van der Waals surface area contributed by atoms with E-state index in [1.165, 1.54) is 24.9 Å². The highest BCUT2D eigenvalue weighted by molar-refractivity contribution is 9.10. The SMILES string of the molecule is C[C@@H](C(=O)N[C@H]1COc2c(C(=O)O)cccc2N(Cc2ccc(Br)c3ccccc23)C1=O)N(C)C(=O)OC(C)(C)C. The molecular weight excluding hydrogens is 594 g/mol. The number of amides is 3. The van der Waals surface area contributed by atoms with Gasteiger partial charge in [0.05, 0.1) is 12.2 Å². The summed E-state index contributed by atoms with van der Waals surface area (Å²) in [5.74, 6) is -2.26. The number of rotatable bonds is 6. The van der Waals surface area contributed by atoms with Gasteiger partial charge in [-0.15, -0.1) is 0 Å². The zero-order chi connectivity index (χ0) is 30.1. The first kappa shape index (κ1) is 29.9. The third-order valence-electron chi connectivity index (χ3n) is 6.72. The molecule has 10 nitrogen and oxygen atoms in total. The number of nitrogens with one attached hydrogen (secondary N) is 1. The first-order valence-corrected chi connectivity index (χ1v) is 13.8. The average molecular weight is 627 g/mol. The summed E-state index contributed by atoms with van der Waals surface area (Å²) in [5.41, 5.74) is 0.232. The number of fused-ring (bicyclic) bond motifs is 2. The van der Waals surface area contributed by atoms with E-state index in [0.29, 0.717) is 0 Å². The Kier molecular flexibility index (Phi) is 8.58. The standard InChI is InChI=1S/C30H32BrN3O7/c1-17(33(5)29(39)41-30(2,3)4)26(35)32-23-16-40-25-21(28(37)38)11-8-12-24(25)34(27(23)36)15-18-13-14-22(31)20-10-7-6-9-19(18)20/h6-14,17,23H,15-16H2,1-5H3,(H,32,35)(H,37,38)/t17-,23-/m0/s1. The van der Waals surface area contributed by atoms with Gasteiger partial charge in [-0.1, -0.05) is 52.3 Å². The summed E-state index contributed by atoms with van der Waals surface area (Å²) < 4.78 is 12.1. The lowest BCUT2D eigenvalue weighted by Gasteiger charge is -2.29. The van der Waals surface area contributed by atoms with Crippen LogP contribution in [0.2, 0.25) is 0 Å². The van der Waals surface area contributed by atoms with Crippen molar-refractivity contribution < 1.29 is 33.8 Å². The van der Waals surface area contributed by atoms with Crippen molar-refractivity contribution in [1.82, 2.24) is 10.2 Å². The average Bonchev–Trinajstić information content (AvgIpc) is 3.04. The van der Waals surface area contributed by atoms with Gasteiger partial charge in [-0.2, -0.15) is 0 Å². The van der Waals surface area contributed by atoms with Crippen LogP contribution in [0.1, 0.15) is 43.6 Å². The molecule has 0 fully saturated rings. The number of aromatic carboxylic acids is 1. The van der Waals surface area contributed by atoms with Gasteiger partial charge in [0.25, 0.3) is 5.91 Å². The van der Waals surface area contributed by atoms with Crippen molar-refractivity contribution in [3.63, 3.8) is 0 Å². The molecule has 0 aromatic heterocycles. The van der Waals surface area contributed by atoms with E-state index in [2.05, 4.69) is 21.2 Å². The predicted molar refractivity (Wildman–Crippen MR) is 157 cm³/mol. The number of para-hydroxylation sites is 1. The van der Waals surface area contributed by atoms with Gasteiger partial charge < -0.3 is 24.8 Å². The van der Waals surface area contributed by atoms with Crippen molar-refractivity contribution >= 4 is 56.3 Å². The highest BCUT2D eigenvalue weighted by atomic mass is 79.9.